The molecule has 1 unspecified atom stereocenters. The third-order valence-corrected chi connectivity index (χ3v) is 12.5. The van der Waals surface area contributed by atoms with Crippen LogP contribution in [0.1, 0.15) is 41.6 Å². The molecule has 9 rings (SSSR count). The fourth-order valence-electron chi connectivity index (χ4n) is 7.94. The number of halogens is 1. The predicted molar refractivity (Wildman–Crippen MR) is 207 cm³/mol. The van der Waals surface area contributed by atoms with Crippen molar-refractivity contribution in [2.75, 3.05) is 31.1 Å². The van der Waals surface area contributed by atoms with Crippen molar-refractivity contribution >= 4 is 60.8 Å². The first kappa shape index (κ1) is 33.9. The fourth-order valence-corrected chi connectivity index (χ4v) is 9.37. The van der Waals surface area contributed by atoms with E-state index < -0.39 is 6.04 Å². The lowest BCUT2D eigenvalue weighted by Gasteiger charge is -2.47. The van der Waals surface area contributed by atoms with Gasteiger partial charge in [0, 0.05) is 71.0 Å². The van der Waals surface area contributed by atoms with E-state index in [4.69, 9.17) is 9.47 Å². The number of carbonyl (C=O) groups is 3. The minimum absolute atomic E-state index is 0.138. The number of hydrogen-bond donors (Lipinski definition) is 2. The van der Waals surface area contributed by atoms with Crippen LogP contribution >= 0.6 is 27.3 Å². The molecule has 4 aliphatic heterocycles. The Morgan fingerprint density at radius 1 is 0.849 bits per heavy atom. The van der Waals surface area contributed by atoms with Gasteiger partial charge in [0.2, 0.25) is 11.8 Å². The molecular weight excluding hydrogens is 756 g/mol. The number of nitrogens with zero attached hydrogens (tertiary/aromatic N) is 3. The predicted octanol–water partition coefficient (Wildman–Crippen LogP) is 7.32. The molecule has 270 valence electrons. The number of fused-ring (bicyclic) bond motifs is 2. The molecule has 1 atom stereocenters. The standard InChI is InChI=1S/C41H37BrN4O6S/c42-26-3-1-24(2-4-26)39-38(34-12-6-29(47)20-36(34)53-39)52-31-9-7-30(8-10-31)51-32-22-45(23-32)27-15-17-44(18-16-27)28-5-11-33-25(19-28)21-46(41(33)50)35-13-14-37(48)43-40(35)49/h1-12,19-20,27,32,35,47H,13-18,21-23H2,(H,43,48,49). The number of thiophene rings is 1. The second-order valence-corrected chi connectivity index (χ2v) is 16.1. The molecular formula is C41H37BrN4O6S. The van der Waals surface area contributed by atoms with Crippen molar-refractivity contribution in [3.05, 3.63) is 101 Å². The third kappa shape index (κ3) is 6.64. The zero-order valence-corrected chi connectivity index (χ0v) is 31.2. The molecule has 4 aliphatic rings. The molecule has 4 aromatic carbocycles. The largest absolute Gasteiger partial charge is 0.508 e. The Hall–Kier alpha value is -4.91. The summed E-state index contributed by atoms with van der Waals surface area (Å²) in [5, 5.41) is 13.4. The highest BCUT2D eigenvalue weighted by Crippen LogP contribution is 2.47. The Labute approximate surface area is 319 Å². The number of phenols is 1. The monoisotopic (exact) mass is 792 g/mol. The Kier molecular flexibility index (Phi) is 8.84. The number of phenolic OH excluding ortho intramolecular Hbond substituents is 1. The average Bonchev–Trinajstić information content (AvgIpc) is 3.66. The second kappa shape index (κ2) is 13.8. The first-order chi connectivity index (χ1) is 25.8. The van der Waals surface area contributed by atoms with Crippen LogP contribution in [-0.2, 0) is 16.1 Å². The first-order valence-electron chi connectivity index (χ1n) is 18.0. The van der Waals surface area contributed by atoms with Crippen LogP contribution in [0.4, 0.5) is 5.69 Å². The smallest absolute Gasteiger partial charge is 0.255 e. The molecule has 0 saturated carbocycles. The molecule has 5 aromatic rings. The van der Waals surface area contributed by atoms with E-state index in [0.29, 0.717) is 30.3 Å². The lowest BCUT2D eigenvalue weighted by Crippen LogP contribution is -2.59. The quantitative estimate of drug-likeness (QED) is 0.157. The molecule has 3 saturated heterocycles. The lowest BCUT2D eigenvalue weighted by atomic mass is 9.97. The molecule has 0 bridgehead atoms. The van der Waals surface area contributed by atoms with Gasteiger partial charge in [0.25, 0.3) is 5.91 Å². The Balaban J connectivity index is 0.776. The number of carbonyl (C=O) groups excluding carboxylic acids is 3. The summed E-state index contributed by atoms with van der Waals surface area (Å²) < 4.78 is 14.8. The number of benzene rings is 4. The summed E-state index contributed by atoms with van der Waals surface area (Å²) in [5.74, 6) is 1.72. The summed E-state index contributed by atoms with van der Waals surface area (Å²) in [4.78, 5) is 44.7. The van der Waals surface area contributed by atoms with Crippen molar-refractivity contribution in [2.24, 2.45) is 0 Å². The van der Waals surface area contributed by atoms with E-state index in [9.17, 15) is 19.5 Å². The molecule has 10 nitrogen and oxygen atoms in total. The zero-order valence-electron chi connectivity index (χ0n) is 28.8. The van der Waals surface area contributed by atoms with E-state index in [1.54, 1.807) is 28.4 Å². The number of hydrogen-bond acceptors (Lipinski definition) is 9. The fraction of sp³-hybridized carbons (Fsp3) is 0.293. The average molecular weight is 794 g/mol. The second-order valence-electron chi connectivity index (χ2n) is 14.2. The number of nitrogens with one attached hydrogen (secondary N) is 1. The molecule has 12 heteroatoms. The molecule has 5 heterocycles. The highest BCUT2D eigenvalue weighted by atomic mass is 79.9. The Morgan fingerprint density at radius 3 is 2.36 bits per heavy atom. The molecule has 0 radical (unpaired) electrons. The Morgan fingerprint density at radius 2 is 1.60 bits per heavy atom. The van der Waals surface area contributed by atoms with Crippen molar-refractivity contribution in [3.8, 4) is 33.4 Å². The van der Waals surface area contributed by atoms with E-state index in [1.165, 1.54) is 0 Å². The van der Waals surface area contributed by atoms with Gasteiger partial charge in [-0.25, -0.2) is 0 Å². The van der Waals surface area contributed by atoms with Crippen molar-refractivity contribution in [3.63, 3.8) is 0 Å². The van der Waals surface area contributed by atoms with E-state index >= 15 is 0 Å². The van der Waals surface area contributed by atoms with E-state index in [-0.39, 0.29) is 36.0 Å². The van der Waals surface area contributed by atoms with Gasteiger partial charge in [-0.2, -0.15) is 0 Å². The maximum Gasteiger partial charge on any atom is 0.255 e. The number of ether oxygens (including phenoxy) is 2. The van der Waals surface area contributed by atoms with Gasteiger partial charge in [0.05, 0.1) is 4.88 Å². The van der Waals surface area contributed by atoms with Crippen molar-refractivity contribution in [2.45, 2.75) is 50.4 Å². The summed E-state index contributed by atoms with van der Waals surface area (Å²) in [7, 11) is 0. The normalized spacial score (nSPS) is 19.7. The van der Waals surface area contributed by atoms with Crippen LogP contribution in [-0.4, -0.2) is 77.0 Å². The number of amides is 3. The van der Waals surface area contributed by atoms with Gasteiger partial charge in [-0.05, 0) is 103 Å². The number of imide groups is 1. The van der Waals surface area contributed by atoms with Crippen molar-refractivity contribution in [1.82, 2.24) is 15.1 Å². The van der Waals surface area contributed by atoms with Crippen molar-refractivity contribution in [1.29, 1.82) is 0 Å². The van der Waals surface area contributed by atoms with Crippen LogP contribution in [0.25, 0.3) is 20.5 Å². The van der Waals surface area contributed by atoms with Crippen LogP contribution < -0.4 is 19.7 Å². The maximum absolute atomic E-state index is 13.1. The van der Waals surface area contributed by atoms with Gasteiger partial charge in [-0.3, -0.25) is 24.6 Å². The summed E-state index contributed by atoms with van der Waals surface area (Å²) in [6, 6.07) is 27.2. The molecule has 53 heavy (non-hydrogen) atoms. The molecule has 0 spiro atoms. The third-order valence-electron chi connectivity index (χ3n) is 10.8. The van der Waals surface area contributed by atoms with Crippen LogP contribution in [0.15, 0.2) is 89.4 Å². The van der Waals surface area contributed by atoms with Crippen LogP contribution in [0.5, 0.6) is 23.0 Å². The van der Waals surface area contributed by atoms with Gasteiger partial charge >= 0.3 is 0 Å². The Bertz CT molecular complexity index is 2230. The van der Waals surface area contributed by atoms with E-state index in [0.717, 1.165) is 86.8 Å². The number of piperidine rings is 2. The van der Waals surface area contributed by atoms with Crippen LogP contribution in [0, 0.1) is 0 Å². The molecule has 1 aromatic heterocycles. The number of likely N-dealkylation sites (tertiary alicyclic amines) is 1. The SMILES string of the molecule is O=C1CCC(N2Cc3cc(N4CCC(N5CC(Oc6ccc(Oc7c(-c8ccc(Br)cc8)sc8cc(O)ccc78)cc6)C5)CC4)ccc3C2=O)C(=O)N1. The first-order valence-corrected chi connectivity index (χ1v) is 19.6. The van der Waals surface area contributed by atoms with Crippen LogP contribution in [0.3, 0.4) is 0 Å². The van der Waals surface area contributed by atoms with Gasteiger partial charge < -0.3 is 24.4 Å². The van der Waals surface area contributed by atoms with Gasteiger partial charge in [0.1, 0.15) is 29.4 Å². The molecule has 3 fully saturated rings. The summed E-state index contributed by atoms with van der Waals surface area (Å²) >= 11 is 5.12. The maximum atomic E-state index is 13.1. The zero-order chi connectivity index (χ0) is 36.2. The van der Waals surface area contributed by atoms with E-state index in [1.807, 2.05) is 54.6 Å². The van der Waals surface area contributed by atoms with Gasteiger partial charge in [-0.15, -0.1) is 11.3 Å². The minimum Gasteiger partial charge on any atom is -0.508 e. The molecule has 0 aliphatic carbocycles. The number of rotatable bonds is 8. The van der Waals surface area contributed by atoms with Crippen LogP contribution in [0.2, 0.25) is 0 Å². The van der Waals surface area contributed by atoms with Crippen molar-refractivity contribution < 1.29 is 29.0 Å². The summed E-state index contributed by atoms with van der Waals surface area (Å²) in [6.45, 7) is 4.04. The molecule has 2 N–H and O–H groups in total. The number of aromatic hydroxyl groups is 1. The minimum atomic E-state index is -0.600. The topological polar surface area (TPSA) is 112 Å². The van der Waals surface area contributed by atoms with Gasteiger partial charge in [0.15, 0.2) is 5.75 Å². The number of anilines is 1. The van der Waals surface area contributed by atoms with Gasteiger partial charge in [-0.1, -0.05) is 28.1 Å². The summed E-state index contributed by atoms with van der Waals surface area (Å²) in [6.07, 6.45) is 2.86. The summed E-state index contributed by atoms with van der Waals surface area (Å²) in [5.41, 5.74) is 3.73. The lowest BCUT2D eigenvalue weighted by molar-refractivity contribution is -0.136. The van der Waals surface area contributed by atoms with E-state index in [2.05, 4.69) is 49.2 Å². The highest BCUT2D eigenvalue weighted by molar-refractivity contribution is 9.10. The highest BCUT2D eigenvalue weighted by Gasteiger charge is 2.40. The molecule has 3 amide bonds.